The molecule has 1 saturated heterocycles. The molecule has 7 nitrogen and oxygen atoms in total. The summed E-state index contributed by atoms with van der Waals surface area (Å²) in [4.78, 5) is 28.7. The van der Waals surface area contributed by atoms with Crippen LogP contribution in [-0.4, -0.2) is 57.7 Å². The van der Waals surface area contributed by atoms with Gasteiger partial charge < -0.3 is 15.1 Å². The maximum absolute atomic E-state index is 12.7. The highest BCUT2D eigenvalue weighted by atomic mass is 35.5. The number of benzene rings is 1. The third kappa shape index (κ3) is 4.77. The Labute approximate surface area is 174 Å². The molecule has 2 heterocycles. The molecular weight excluding hydrogens is 401 g/mol. The first kappa shape index (κ1) is 20.5. The van der Waals surface area contributed by atoms with E-state index in [2.05, 4.69) is 10.4 Å². The summed E-state index contributed by atoms with van der Waals surface area (Å²) in [6.45, 7) is 5.95. The van der Waals surface area contributed by atoms with Gasteiger partial charge >= 0.3 is 6.03 Å². The van der Waals surface area contributed by atoms with E-state index in [0.717, 1.165) is 5.69 Å². The van der Waals surface area contributed by atoms with Crippen molar-refractivity contribution < 1.29 is 9.59 Å². The van der Waals surface area contributed by atoms with Crippen LogP contribution < -0.4 is 5.32 Å². The Balaban J connectivity index is 1.57. The van der Waals surface area contributed by atoms with Gasteiger partial charge in [0.2, 0.25) is 5.91 Å². The van der Waals surface area contributed by atoms with Crippen molar-refractivity contribution in [2.45, 2.75) is 26.8 Å². The Bertz CT molecular complexity index is 883. The predicted octanol–water partition coefficient (Wildman–Crippen LogP) is 3.57. The molecule has 0 aliphatic carbocycles. The van der Waals surface area contributed by atoms with Gasteiger partial charge in [-0.15, -0.1) is 0 Å². The number of carbonyl (C=O) groups is 2. The minimum Gasteiger partial charge on any atom is -0.339 e. The van der Waals surface area contributed by atoms with Crippen LogP contribution in [0, 0.1) is 13.8 Å². The number of halogens is 2. The maximum Gasteiger partial charge on any atom is 0.321 e. The lowest BCUT2D eigenvalue weighted by atomic mass is 10.3. The highest BCUT2D eigenvalue weighted by Gasteiger charge is 2.23. The number of aromatic nitrogens is 2. The number of hydrogen-bond acceptors (Lipinski definition) is 3. The van der Waals surface area contributed by atoms with Gasteiger partial charge in [0.05, 0.1) is 16.4 Å². The fraction of sp³-hybridized carbons (Fsp3) is 0.421. The van der Waals surface area contributed by atoms with Crippen molar-refractivity contribution in [2.75, 3.05) is 31.5 Å². The molecule has 0 spiro atoms. The predicted molar refractivity (Wildman–Crippen MR) is 110 cm³/mol. The smallest absolute Gasteiger partial charge is 0.321 e. The Kier molecular flexibility index (Phi) is 6.46. The van der Waals surface area contributed by atoms with Crippen LogP contribution in [-0.2, 0) is 11.3 Å². The molecule has 0 radical (unpaired) electrons. The van der Waals surface area contributed by atoms with Crippen LogP contribution in [0.4, 0.5) is 10.5 Å². The Morgan fingerprint density at radius 2 is 1.82 bits per heavy atom. The highest BCUT2D eigenvalue weighted by molar-refractivity contribution is 6.31. The molecular formula is C19H23Cl2N5O2. The Morgan fingerprint density at radius 3 is 2.50 bits per heavy atom. The first-order chi connectivity index (χ1) is 13.3. The molecule has 1 N–H and O–H groups in total. The molecule has 0 bridgehead atoms. The maximum atomic E-state index is 12.7. The lowest BCUT2D eigenvalue weighted by molar-refractivity contribution is -0.131. The second-order valence-corrected chi connectivity index (χ2v) is 7.62. The van der Waals surface area contributed by atoms with Gasteiger partial charge in [-0.1, -0.05) is 29.3 Å². The molecule has 3 rings (SSSR count). The van der Waals surface area contributed by atoms with Gasteiger partial charge in [0.1, 0.15) is 6.54 Å². The van der Waals surface area contributed by atoms with Crippen LogP contribution in [0.15, 0.2) is 24.3 Å². The Morgan fingerprint density at radius 1 is 1.11 bits per heavy atom. The molecule has 2 aromatic rings. The SMILES string of the molecule is Cc1nn(CC(=O)N2CCCN(C(=O)Nc3cccc(Cl)c3)CC2)c(C)c1Cl. The summed E-state index contributed by atoms with van der Waals surface area (Å²) in [5, 5.41) is 8.32. The van der Waals surface area contributed by atoms with Crippen molar-refractivity contribution in [2.24, 2.45) is 0 Å². The number of hydrogen-bond donors (Lipinski definition) is 1. The molecule has 1 aliphatic rings. The fourth-order valence-corrected chi connectivity index (χ4v) is 3.52. The summed E-state index contributed by atoms with van der Waals surface area (Å²) >= 11 is 12.1. The molecule has 3 amide bonds. The molecule has 0 atom stereocenters. The van der Waals surface area contributed by atoms with Crippen LogP contribution >= 0.6 is 23.2 Å². The standard InChI is InChI=1S/C19H23Cl2N5O2/c1-13-18(21)14(2)26(23-13)12-17(27)24-7-4-8-25(10-9-24)19(28)22-16-6-3-5-15(20)11-16/h3,5-6,11H,4,7-10,12H2,1-2H3,(H,22,28). The van der Waals surface area contributed by atoms with E-state index < -0.39 is 0 Å². The minimum atomic E-state index is -0.193. The normalized spacial score (nSPS) is 14.7. The summed E-state index contributed by atoms with van der Waals surface area (Å²) in [7, 11) is 0. The average molecular weight is 424 g/mol. The summed E-state index contributed by atoms with van der Waals surface area (Å²) in [6, 6.07) is 6.83. The third-order valence-corrected chi connectivity index (χ3v) is 5.57. The van der Waals surface area contributed by atoms with Crippen molar-refractivity contribution in [3.8, 4) is 0 Å². The minimum absolute atomic E-state index is 0.0284. The van der Waals surface area contributed by atoms with E-state index in [4.69, 9.17) is 23.2 Å². The number of urea groups is 1. The molecule has 1 aromatic carbocycles. The monoisotopic (exact) mass is 423 g/mol. The summed E-state index contributed by atoms with van der Waals surface area (Å²) < 4.78 is 1.63. The molecule has 0 saturated carbocycles. The number of rotatable bonds is 3. The van der Waals surface area contributed by atoms with Gasteiger partial charge in [-0.2, -0.15) is 5.10 Å². The van der Waals surface area contributed by atoms with Crippen LogP contribution in [0.25, 0.3) is 0 Å². The number of carbonyl (C=O) groups excluding carboxylic acids is 2. The van der Waals surface area contributed by atoms with Gasteiger partial charge in [-0.05, 0) is 38.5 Å². The fourth-order valence-electron chi connectivity index (χ4n) is 3.20. The second kappa shape index (κ2) is 8.84. The van der Waals surface area contributed by atoms with Gasteiger partial charge in [-0.25, -0.2) is 4.79 Å². The number of nitrogens with zero attached hydrogens (tertiary/aromatic N) is 4. The van der Waals surface area contributed by atoms with Crippen molar-refractivity contribution in [1.82, 2.24) is 19.6 Å². The molecule has 1 fully saturated rings. The third-order valence-electron chi connectivity index (χ3n) is 4.79. The van der Waals surface area contributed by atoms with Crippen LogP contribution in [0.2, 0.25) is 10.0 Å². The summed E-state index contributed by atoms with van der Waals surface area (Å²) in [5.74, 6) is -0.0284. The van der Waals surface area contributed by atoms with Crippen molar-refractivity contribution in [3.05, 3.63) is 45.7 Å². The molecule has 0 unspecified atom stereocenters. The van der Waals surface area contributed by atoms with Crippen LogP contribution in [0.5, 0.6) is 0 Å². The van der Waals surface area contributed by atoms with E-state index in [-0.39, 0.29) is 18.5 Å². The lowest BCUT2D eigenvalue weighted by Crippen LogP contribution is -2.40. The summed E-state index contributed by atoms with van der Waals surface area (Å²) in [5.41, 5.74) is 2.15. The number of anilines is 1. The van der Waals surface area contributed by atoms with Gasteiger partial charge in [0, 0.05) is 36.9 Å². The molecule has 1 aliphatic heterocycles. The number of aryl methyl sites for hydroxylation is 1. The van der Waals surface area contributed by atoms with Crippen molar-refractivity contribution in [1.29, 1.82) is 0 Å². The van der Waals surface area contributed by atoms with E-state index in [1.807, 2.05) is 13.8 Å². The number of amides is 3. The van der Waals surface area contributed by atoms with E-state index in [1.54, 1.807) is 38.7 Å². The second-order valence-electron chi connectivity index (χ2n) is 6.80. The van der Waals surface area contributed by atoms with E-state index in [0.29, 0.717) is 54.0 Å². The molecule has 28 heavy (non-hydrogen) atoms. The van der Waals surface area contributed by atoms with Gasteiger partial charge in [-0.3, -0.25) is 9.48 Å². The van der Waals surface area contributed by atoms with E-state index in [9.17, 15) is 9.59 Å². The first-order valence-electron chi connectivity index (χ1n) is 9.14. The molecule has 150 valence electrons. The topological polar surface area (TPSA) is 70.5 Å². The first-order valence-corrected chi connectivity index (χ1v) is 9.89. The van der Waals surface area contributed by atoms with Crippen molar-refractivity contribution in [3.63, 3.8) is 0 Å². The van der Waals surface area contributed by atoms with Gasteiger partial charge in [0.25, 0.3) is 0 Å². The Hall–Kier alpha value is -2.25. The van der Waals surface area contributed by atoms with Crippen LogP contribution in [0.3, 0.4) is 0 Å². The summed E-state index contributed by atoms with van der Waals surface area (Å²) in [6.07, 6.45) is 0.715. The molecule has 1 aromatic heterocycles. The highest BCUT2D eigenvalue weighted by Crippen LogP contribution is 2.19. The zero-order valence-corrected chi connectivity index (χ0v) is 17.4. The van der Waals surface area contributed by atoms with Gasteiger partial charge in [0.15, 0.2) is 0 Å². The quantitative estimate of drug-likeness (QED) is 0.819. The van der Waals surface area contributed by atoms with E-state index in [1.165, 1.54) is 0 Å². The zero-order valence-electron chi connectivity index (χ0n) is 15.9. The lowest BCUT2D eigenvalue weighted by Gasteiger charge is -2.22. The van der Waals surface area contributed by atoms with Crippen LogP contribution in [0.1, 0.15) is 17.8 Å². The van der Waals surface area contributed by atoms with Crippen molar-refractivity contribution >= 4 is 40.8 Å². The molecule has 9 heteroatoms. The van der Waals surface area contributed by atoms with E-state index >= 15 is 0 Å². The average Bonchev–Trinajstić information content (AvgIpc) is 2.85. The number of nitrogens with one attached hydrogen (secondary N) is 1. The largest absolute Gasteiger partial charge is 0.339 e. The zero-order chi connectivity index (χ0) is 20.3.